The highest BCUT2D eigenvalue weighted by Crippen LogP contribution is 2.34. The van der Waals surface area contributed by atoms with Crippen molar-refractivity contribution < 1.29 is 18.2 Å². The third-order valence-corrected chi connectivity index (χ3v) is 4.08. The van der Waals surface area contributed by atoms with Crippen molar-refractivity contribution in [2.75, 3.05) is 11.6 Å². The molecule has 0 bridgehead atoms. The molecular formula is C12H15ClF3N2OS+. The Bertz CT molecular complexity index is 488. The van der Waals surface area contributed by atoms with E-state index in [-0.39, 0.29) is 0 Å². The first-order valence-corrected chi connectivity index (χ1v) is 7.44. The van der Waals surface area contributed by atoms with Gasteiger partial charge < -0.3 is 0 Å². The van der Waals surface area contributed by atoms with Gasteiger partial charge in [0, 0.05) is 17.0 Å². The summed E-state index contributed by atoms with van der Waals surface area (Å²) in [6.45, 7) is 3.75. The molecule has 1 amide bonds. The van der Waals surface area contributed by atoms with Crippen molar-refractivity contribution in [3.8, 4) is 0 Å². The maximum atomic E-state index is 13.8. The standard InChI is InChI=1S/C12H15ClF3N2OS/c1-3-6-20-11-7-10(5-4-9(11)2)18(15,16)17(14)12(19)8-13/h4-5,7H,3,6,8H2,1-2H3/q+1. The van der Waals surface area contributed by atoms with E-state index in [0.29, 0.717) is 4.90 Å². The van der Waals surface area contributed by atoms with Crippen LogP contribution in [0.5, 0.6) is 0 Å². The van der Waals surface area contributed by atoms with Gasteiger partial charge in [-0.2, -0.15) is 0 Å². The Kier molecular flexibility index (Phi) is 6.16. The van der Waals surface area contributed by atoms with E-state index in [1.807, 2.05) is 6.92 Å². The summed E-state index contributed by atoms with van der Waals surface area (Å²) in [6, 6.07) is 3.74. The van der Waals surface area contributed by atoms with Gasteiger partial charge in [0.25, 0.3) is 0 Å². The van der Waals surface area contributed by atoms with E-state index in [1.54, 1.807) is 6.92 Å². The first kappa shape index (κ1) is 17.1. The van der Waals surface area contributed by atoms with Crippen LogP contribution in [0.15, 0.2) is 23.1 Å². The molecule has 0 aromatic heterocycles. The lowest BCUT2D eigenvalue weighted by Crippen LogP contribution is -2.48. The highest BCUT2D eigenvalue weighted by Gasteiger charge is 2.47. The van der Waals surface area contributed by atoms with Crippen LogP contribution in [0.2, 0.25) is 0 Å². The van der Waals surface area contributed by atoms with Gasteiger partial charge in [-0.15, -0.1) is 23.4 Å². The molecule has 0 aliphatic rings. The minimum atomic E-state index is -3.30. The molecule has 1 rings (SSSR count). The highest BCUT2D eigenvalue weighted by molar-refractivity contribution is 7.99. The van der Waals surface area contributed by atoms with Crippen LogP contribution in [0.4, 0.5) is 19.1 Å². The number of hydrogen-bond donors (Lipinski definition) is 0. The SMILES string of the molecule is CCCSc1cc([N+](F)(F)N(F)C(=O)CCl)ccc1C. The fourth-order valence-corrected chi connectivity index (χ4v) is 2.44. The molecule has 0 unspecified atom stereocenters. The van der Waals surface area contributed by atoms with Crippen LogP contribution >= 0.6 is 23.4 Å². The van der Waals surface area contributed by atoms with Gasteiger partial charge in [-0.3, -0.25) is 4.79 Å². The molecule has 0 radical (unpaired) electrons. The summed E-state index contributed by atoms with van der Waals surface area (Å²) in [5, 5.41) is -4.47. The van der Waals surface area contributed by atoms with Crippen molar-refractivity contribution in [1.82, 2.24) is 10.3 Å². The molecule has 0 atom stereocenters. The molecule has 1 aromatic carbocycles. The number of carbonyl (C=O) groups excluding carboxylic acids is 1. The van der Waals surface area contributed by atoms with E-state index >= 15 is 0 Å². The average Bonchev–Trinajstić information content (AvgIpc) is 2.44. The van der Waals surface area contributed by atoms with Gasteiger partial charge in [0.05, 0.1) is 14.2 Å². The third-order valence-electron chi connectivity index (χ3n) is 2.48. The van der Waals surface area contributed by atoms with E-state index in [1.165, 1.54) is 23.9 Å². The van der Waals surface area contributed by atoms with Crippen LogP contribution in [0.1, 0.15) is 18.9 Å². The van der Waals surface area contributed by atoms with Gasteiger partial charge in [-0.25, -0.2) is 0 Å². The number of halogens is 4. The van der Waals surface area contributed by atoms with Crippen LogP contribution < -0.4 is 5.04 Å². The van der Waals surface area contributed by atoms with E-state index in [9.17, 15) is 18.2 Å². The van der Waals surface area contributed by atoms with E-state index in [2.05, 4.69) is 0 Å². The number of amides is 1. The normalized spacial score (nSPS) is 11.5. The lowest BCUT2D eigenvalue weighted by Gasteiger charge is -2.17. The topological polar surface area (TPSA) is 20.3 Å². The summed E-state index contributed by atoms with van der Waals surface area (Å²) in [5.74, 6) is -1.59. The van der Waals surface area contributed by atoms with Crippen molar-refractivity contribution in [2.45, 2.75) is 25.2 Å². The summed E-state index contributed by atoms with van der Waals surface area (Å²) < 4.78 is 41.0. The van der Waals surface area contributed by atoms with Crippen molar-refractivity contribution in [3.63, 3.8) is 0 Å². The second kappa shape index (κ2) is 7.19. The average molecular weight is 328 g/mol. The smallest absolute Gasteiger partial charge is 0.265 e. The molecule has 0 aliphatic heterocycles. The van der Waals surface area contributed by atoms with Crippen molar-refractivity contribution in [3.05, 3.63) is 23.8 Å². The number of carbonyl (C=O) groups is 1. The van der Waals surface area contributed by atoms with Crippen molar-refractivity contribution >= 4 is 35.0 Å². The minimum absolute atomic E-state index is 0.629. The third kappa shape index (κ3) is 3.80. The fraction of sp³-hybridized carbons (Fsp3) is 0.417. The van der Waals surface area contributed by atoms with Crippen molar-refractivity contribution in [1.29, 1.82) is 0 Å². The Balaban J connectivity index is 3.08. The lowest BCUT2D eigenvalue weighted by atomic mass is 10.2. The summed E-state index contributed by atoms with van der Waals surface area (Å²) in [6.07, 6.45) is 0.888. The molecular weight excluding hydrogens is 313 g/mol. The number of rotatable bonds is 6. The van der Waals surface area contributed by atoms with Crippen molar-refractivity contribution in [2.24, 2.45) is 0 Å². The Morgan fingerprint density at radius 1 is 1.45 bits per heavy atom. The highest BCUT2D eigenvalue weighted by atomic mass is 35.5. The summed E-state index contributed by atoms with van der Waals surface area (Å²) >= 11 is 6.49. The molecule has 0 spiro atoms. The first-order chi connectivity index (χ1) is 9.34. The maximum Gasteiger partial charge on any atom is 0.327 e. The zero-order valence-corrected chi connectivity index (χ0v) is 12.6. The van der Waals surface area contributed by atoms with E-state index < -0.39 is 27.7 Å². The quantitative estimate of drug-likeness (QED) is 0.333. The zero-order chi connectivity index (χ0) is 15.3. The van der Waals surface area contributed by atoms with Gasteiger partial charge in [0.2, 0.25) is 10.7 Å². The van der Waals surface area contributed by atoms with Crippen LogP contribution in [-0.4, -0.2) is 22.8 Å². The van der Waals surface area contributed by atoms with Gasteiger partial charge in [0.15, 0.2) is 0 Å². The van der Waals surface area contributed by atoms with Crippen LogP contribution in [0.3, 0.4) is 0 Å². The number of aryl methyl sites for hydroxylation is 1. The monoisotopic (exact) mass is 327 g/mol. The molecule has 0 fully saturated rings. The molecule has 20 heavy (non-hydrogen) atoms. The van der Waals surface area contributed by atoms with Crippen LogP contribution in [0.25, 0.3) is 0 Å². The van der Waals surface area contributed by atoms with Gasteiger partial charge in [-0.1, -0.05) is 13.0 Å². The van der Waals surface area contributed by atoms with E-state index in [4.69, 9.17) is 11.6 Å². The molecule has 0 heterocycles. The summed E-state index contributed by atoms with van der Waals surface area (Å²) in [5.41, 5.74) is 0.191. The maximum absolute atomic E-state index is 13.8. The molecule has 8 heteroatoms. The predicted molar refractivity (Wildman–Crippen MR) is 74.9 cm³/mol. The van der Waals surface area contributed by atoms with Crippen LogP contribution in [0, 0.1) is 6.92 Å². The number of nitrogens with zero attached hydrogens (tertiary/aromatic N) is 2. The number of quaternary nitrogens is 1. The Morgan fingerprint density at radius 3 is 2.65 bits per heavy atom. The fourth-order valence-electron chi connectivity index (χ4n) is 1.41. The molecule has 1 aromatic rings. The zero-order valence-electron chi connectivity index (χ0n) is 11.1. The largest absolute Gasteiger partial charge is 0.327 e. The van der Waals surface area contributed by atoms with Crippen LogP contribution in [-0.2, 0) is 4.79 Å². The Morgan fingerprint density at radius 2 is 2.10 bits per heavy atom. The number of hydrogen-bond acceptors (Lipinski definition) is 2. The summed E-state index contributed by atoms with van der Waals surface area (Å²) in [4.78, 5) is 11.6. The number of alkyl halides is 1. The molecule has 0 saturated heterocycles. The first-order valence-electron chi connectivity index (χ1n) is 5.92. The van der Waals surface area contributed by atoms with Gasteiger partial charge in [0.1, 0.15) is 5.88 Å². The molecule has 112 valence electrons. The molecule has 3 nitrogen and oxygen atoms in total. The predicted octanol–water partition coefficient (Wildman–Crippen LogP) is 4.44. The van der Waals surface area contributed by atoms with Gasteiger partial charge in [-0.05, 0) is 29.1 Å². The summed E-state index contributed by atoms with van der Waals surface area (Å²) in [7, 11) is 0. The lowest BCUT2D eigenvalue weighted by molar-refractivity contribution is -0.334. The minimum Gasteiger partial charge on any atom is -0.265 e. The Labute approximate surface area is 124 Å². The molecule has 0 aliphatic carbocycles. The molecule has 0 N–H and O–H groups in total. The second-order valence-corrected chi connectivity index (χ2v) is 5.47. The van der Waals surface area contributed by atoms with E-state index in [0.717, 1.165) is 23.8 Å². The molecule has 0 saturated carbocycles. The number of thioether (sulfide) groups is 1. The number of benzene rings is 1. The Hall–Kier alpha value is -0.920. The second-order valence-electron chi connectivity index (χ2n) is 4.07. The van der Waals surface area contributed by atoms with Gasteiger partial charge >= 0.3 is 5.91 Å².